The molecule has 0 fully saturated rings. The van der Waals surface area contributed by atoms with E-state index in [0.29, 0.717) is 17.4 Å². The highest BCUT2D eigenvalue weighted by Crippen LogP contribution is 2.33. The number of fused-ring (bicyclic) bond motifs is 3. The Labute approximate surface area is 208 Å². The van der Waals surface area contributed by atoms with Crippen LogP contribution in [0.15, 0.2) is 102 Å². The minimum absolute atomic E-state index is 0.0107. The van der Waals surface area contributed by atoms with Gasteiger partial charge in [0.15, 0.2) is 0 Å². The van der Waals surface area contributed by atoms with E-state index in [-0.39, 0.29) is 5.41 Å². The first-order chi connectivity index (χ1) is 17.4. The van der Waals surface area contributed by atoms with Gasteiger partial charge in [-0.3, -0.25) is 4.84 Å². The Bertz CT molecular complexity index is 1690. The molecule has 0 aliphatic rings. The first kappa shape index (κ1) is 21.9. The summed E-state index contributed by atoms with van der Waals surface area (Å²) in [5.74, 6) is 1.93. The summed E-state index contributed by atoms with van der Waals surface area (Å²) < 4.78 is 15.5. The molecule has 178 valence electrons. The SMILES string of the molecule is CC(C)(C)c1ccnc(O[n+]2[c-]n(-c3cccc(Oc4ccc5c(c4)oc4ccccc45)c3)cc2)c1. The van der Waals surface area contributed by atoms with Crippen LogP contribution in [-0.4, -0.2) is 9.55 Å². The van der Waals surface area contributed by atoms with E-state index in [1.807, 2.05) is 83.6 Å². The number of imidazole rings is 1. The average Bonchev–Trinajstić information content (AvgIpc) is 3.48. The summed E-state index contributed by atoms with van der Waals surface area (Å²) in [5.41, 5.74) is 3.71. The second-order valence-corrected chi connectivity index (χ2v) is 9.67. The van der Waals surface area contributed by atoms with Gasteiger partial charge in [-0.25, -0.2) is 4.98 Å². The zero-order valence-electron chi connectivity index (χ0n) is 20.3. The first-order valence-corrected chi connectivity index (χ1v) is 11.8. The highest BCUT2D eigenvalue weighted by molar-refractivity contribution is 6.05. The number of hydrogen-bond acceptors (Lipinski definition) is 4. The summed E-state index contributed by atoms with van der Waals surface area (Å²) in [7, 11) is 0. The molecule has 6 heteroatoms. The minimum atomic E-state index is 0.0107. The molecule has 0 spiro atoms. The molecule has 0 radical (unpaired) electrons. The molecule has 0 aliphatic carbocycles. The lowest BCUT2D eigenvalue weighted by atomic mass is 9.88. The van der Waals surface area contributed by atoms with E-state index in [0.717, 1.165) is 33.2 Å². The number of furan rings is 1. The van der Waals surface area contributed by atoms with Crippen molar-refractivity contribution in [1.82, 2.24) is 9.55 Å². The molecule has 6 nitrogen and oxygen atoms in total. The van der Waals surface area contributed by atoms with E-state index in [1.165, 1.54) is 4.73 Å². The quantitative estimate of drug-likeness (QED) is 0.203. The highest BCUT2D eigenvalue weighted by Gasteiger charge is 2.15. The van der Waals surface area contributed by atoms with Gasteiger partial charge in [-0.15, -0.1) is 4.73 Å². The van der Waals surface area contributed by atoms with Crippen LogP contribution in [0.3, 0.4) is 0 Å². The van der Waals surface area contributed by atoms with Gasteiger partial charge in [0.1, 0.15) is 22.7 Å². The Morgan fingerprint density at radius 3 is 2.58 bits per heavy atom. The molecule has 6 rings (SSSR count). The molecule has 0 N–H and O–H groups in total. The van der Waals surface area contributed by atoms with Crippen molar-refractivity contribution in [1.29, 1.82) is 0 Å². The van der Waals surface area contributed by atoms with E-state index < -0.39 is 0 Å². The number of hydrogen-bond donors (Lipinski definition) is 0. The highest BCUT2D eigenvalue weighted by atomic mass is 16.7. The molecule has 0 saturated carbocycles. The number of nitrogens with zero attached hydrogens (tertiary/aromatic N) is 3. The third-order valence-corrected chi connectivity index (χ3v) is 6.03. The maximum Gasteiger partial charge on any atom is 0.286 e. The largest absolute Gasteiger partial charge is 0.458 e. The molecule has 36 heavy (non-hydrogen) atoms. The van der Waals surface area contributed by atoms with Crippen LogP contribution in [0.2, 0.25) is 0 Å². The summed E-state index contributed by atoms with van der Waals surface area (Å²) in [6.45, 7) is 6.48. The number of pyridine rings is 1. The topological polar surface area (TPSA) is 53.3 Å². The molecule has 0 atom stereocenters. The van der Waals surface area contributed by atoms with Gasteiger partial charge in [0.2, 0.25) is 0 Å². The van der Waals surface area contributed by atoms with Crippen molar-refractivity contribution in [3.63, 3.8) is 0 Å². The van der Waals surface area contributed by atoms with E-state index >= 15 is 0 Å². The number of rotatable bonds is 5. The zero-order chi connectivity index (χ0) is 24.7. The standard InChI is InChI=1S/C30H25N3O3/c1-30(2,3)21-13-14-31-29(17-21)36-33-16-15-32(20-33)22-7-6-8-23(18-22)34-24-11-12-26-25-9-4-5-10-27(25)35-28(26)19-24/h4-19H,1-3H3. The third-order valence-electron chi connectivity index (χ3n) is 6.03. The summed E-state index contributed by atoms with van der Waals surface area (Å²) >= 11 is 0. The maximum atomic E-state index is 6.16. The Morgan fingerprint density at radius 2 is 1.69 bits per heavy atom. The molecule has 0 unspecified atom stereocenters. The van der Waals surface area contributed by atoms with Crippen molar-refractivity contribution in [3.8, 4) is 23.1 Å². The van der Waals surface area contributed by atoms with Gasteiger partial charge >= 0.3 is 0 Å². The molecule has 3 aromatic carbocycles. The van der Waals surface area contributed by atoms with Gasteiger partial charge in [0.05, 0.1) is 11.9 Å². The Morgan fingerprint density at radius 1 is 0.861 bits per heavy atom. The normalized spacial score (nSPS) is 11.8. The van der Waals surface area contributed by atoms with E-state index in [2.05, 4.69) is 38.1 Å². The van der Waals surface area contributed by atoms with Crippen molar-refractivity contribution < 1.29 is 18.7 Å². The number of para-hydroxylation sites is 1. The van der Waals surface area contributed by atoms with Crippen LogP contribution in [0, 0.1) is 6.33 Å². The summed E-state index contributed by atoms with van der Waals surface area (Å²) in [5, 5.41) is 2.17. The van der Waals surface area contributed by atoms with Crippen molar-refractivity contribution in [2.24, 2.45) is 0 Å². The fraction of sp³-hybridized carbons (Fsp3) is 0.133. The van der Waals surface area contributed by atoms with Crippen LogP contribution >= 0.6 is 0 Å². The van der Waals surface area contributed by atoms with Gasteiger partial charge in [-0.05, 0) is 47.4 Å². The molecular weight excluding hydrogens is 450 g/mol. The van der Waals surface area contributed by atoms with Gasteiger partial charge in [-0.2, -0.15) is 0 Å². The predicted octanol–water partition coefficient (Wildman–Crippen LogP) is 6.79. The lowest BCUT2D eigenvalue weighted by Gasteiger charge is -2.18. The van der Waals surface area contributed by atoms with Crippen LogP contribution in [0.5, 0.6) is 17.4 Å². The summed E-state index contributed by atoms with van der Waals surface area (Å²) in [4.78, 5) is 10.2. The molecule has 0 saturated heterocycles. The molecule has 0 aliphatic heterocycles. The Hall–Kier alpha value is -4.58. The predicted molar refractivity (Wildman–Crippen MR) is 138 cm³/mol. The van der Waals surface area contributed by atoms with Crippen molar-refractivity contribution in [3.05, 3.63) is 109 Å². The van der Waals surface area contributed by atoms with Crippen LogP contribution < -0.4 is 14.3 Å². The monoisotopic (exact) mass is 475 g/mol. The van der Waals surface area contributed by atoms with Gasteiger partial charge in [0.25, 0.3) is 12.2 Å². The fourth-order valence-corrected chi connectivity index (χ4v) is 4.12. The molecule has 3 aromatic heterocycles. The minimum Gasteiger partial charge on any atom is -0.458 e. The van der Waals surface area contributed by atoms with Crippen molar-refractivity contribution in [2.75, 3.05) is 0 Å². The van der Waals surface area contributed by atoms with Gasteiger partial charge in [-0.1, -0.05) is 51.1 Å². The smallest absolute Gasteiger partial charge is 0.286 e. The maximum absolute atomic E-state index is 6.16. The van der Waals surface area contributed by atoms with E-state index in [1.54, 1.807) is 12.4 Å². The summed E-state index contributed by atoms with van der Waals surface area (Å²) in [6, 6.07) is 25.7. The zero-order valence-corrected chi connectivity index (χ0v) is 20.3. The third kappa shape index (κ3) is 4.29. The second-order valence-electron chi connectivity index (χ2n) is 9.67. The molecule has 3 heterocycles. The van der Waals surface area contributed by atoms with Crippen LogP contribution in [0.25, 0.3) is 27.6 Å². The van der Waals surface area contributed by atoms with Gasteiger partial charge < -0.3 is 13.7 Å². The average molecular weight is 476 g/mol. The van der Waals surface area contributed by atoms with E-state index in [4.69, 9.17) is 14.0 Å². The molecule has 0 amide bonds. The van der Waals surface area contributed by atoms with E-state index in [9.17, 15) is 0 Å². The number of benzene rings is 3. The van der Waals surface area contributed by atoms with Crippen molar-refractivity contribution >= 4 is 21.9 Å². The summed E-state index contributed by atoms with van der Waals surface area (Å²) in [6.07, 6.45) is 8.58. The van der Waals surface area contributed by atoms with Crippen LogP contribution in [0.4, 0.5) is 0 Å². The van der Waals surface area contributed by atoms with Crippen molar-refractivity contribution in [2.45, 2.75) is 26.2 Å². The van der Waals surface area contributed by atoms with Gasteiger partial charge in [0, 0.05) is 35.3 Å². The Balaban J connectivity index is 1.22. The van der Waals surface area contributed by atoms with Crippen LogP contribution in [0.1, 0.15) is 26.3 Å². The van der Waals surface area contributed by atoms with Crippen LogP contribution in [-0.2, 0) is 5.41 Å². The molecule has 6 aromatic rings. The first-order valence-electron chi connectivity index (χ1n) is 11.8. The Kier molecular flexibility index (Phi) is 5.22. The number of aromatic nitrogens is 3. The fourth-order valence-electron chi connectivity index (χ4n) is 4.12. The second kappa shape index (κ2) is 8.57. The lowest BCUT2D eigenvalue weighted by Crippen LogP contribution is -2.38. The molecular formula is C30H25N3O3. The number of ether oxygens (including phenoxy) is 1. The molecule has 0 bridgehead atoms. The lowest BCUT2D eigenvalue weighted by molar-refractivity contribution is -0.878.